The van der Waals surface area contributed by atoms with Crippen molar-refractivity contribution in [3.63, 3.8) is 0 Å². The number of nitrogens with one attached hydrogen (secondary N) is 1. The van der Waals surface area contributed by atoms with Crippen LogP contribution in [0.3, 0.4) is 0 Å². The van der Waals surface area contributed by atoms with Crippen LogP contribution < -0.4 is 10.1 Å². The van der Waals surface area contributed by atoms with Gasteiger partial charge in [-0.3, -0.25) is 0 Å². The van der Waals surface area contributed by atoms with Gasteiger partial charge in [0.05, 0.1) is 7.11 Å². The maximum atomic E-state index is 14.0. The molecule has 1 aromatic heterocycles. The van der Waals surface area contributed by atoms with E-state index in [-0.39, 0.29) is 5.82 Å². The lowest BCUT2D eigenvalue weighted by Crippen LogP contribution is -2.15. The minimum absolute atomic E-state index is 0.233. The van der Waals surface area contributed by atoms with Gasteiger partial charge in [-0.15, -0.1) is 0 Å². The van der Waals surface area contributed by atoms with Crippen molar-refractivity contribution in [3.05, 3.63) is 53.6 Å². The molecule has 2 rings (SSSR count). The van der Waals surface area contributed by atoms with Crippen LogP contribution in [0, 0.1) is 5.82 Å². The molecule has 1 unspecified atom stereocenters. The van der Waals surface area contributed by atoms with Gasteiger partial charge in [-0.05, 0) is 31.2 Å². The van der Waals surface area contributed by atoms with Crippen molar-refractivity contribution in [2.24, 2.45) is 0 Å². The number of aromatic nitrogens is 1. The Morgan fingerprint density at radius 1 is 1.33 bits per heavy atom. The van der Waals surface area contributed by atoms with Gasteiger partial charge in [0.2, 0.25) is 0 Å². The van der Waals surface area contributed by atoms with Crippen molar-refractivity contribution >= 4 is 0 Å². The van der Waals surface area contributed by atoms with Crippen molar-refractivity contribution in [3.8, 4) is 5.75 Å². The van der Waals surface area contributed by atoms with E-state index < -0.39 is 0 Å². The smallest absolute Gasteiger partial charge is 0.131 e. The summed E-state index contributed by atoms with van der Waals surface area (Å²) in [6.07, 6.45) is 6.31. The van der Waals surface area contributed by atoms with Gasteiger partial charge in [0, 0.05) is 36.6 Å². The van der Waals surface area contributed by atoms with E-state index in [9.17, 15) is 4.39 Å². The summed E-state index contributed by atoms with van der Waals surface area (Å²) in [6, 6.07) is 7.44. The molecule has 0 aliphatic rings. The first-order valence-electron chi connectivity index (χ1n) is 7.33. The van der Waals surface area contributed by atoms with Gasteiger partial charge in [-0.25, -0.2) is 4.39 Å². The molecule has 1 atom stereocenters. The number of halogens is 1. The molecular weight excluding hydrogens is 267 g/mol. The fraction of sp³-hybridized carbons (Fsp3) is 0.412. The van der Waals surface area contributed by atoms with E-state index in [1.807, 2.05) is 17.8 Å². The highest BCUT2D eigenvalue weighted by atomic mass is 19.1. The molecule has 0 aliphatic carbocycles. The van der Waals surface area contributed by atoms with Crippen LogP contribution in [0.15, 0.2) is 36.7 Å². The predicted molar refractivity (Wildman–Crippen MR) is 83.2 cm³/mol. The van der Waals surface area contributed by atoms with E-state index >= 15 is 0 Å². The van der Waals surface area contributed by atoms with Gasteiger partial charge in [0.1, 0.15) is 11.6 Å². The Kier molecular flexibility index (Phi) is 5.39. The molecule has 0 saturated heterocycles. The molecule has 4 heteroatoms. The van der Waals surface area contributed by atoms with E-state index in [1.165, 1.54) is 18.7 Å². The molecule has 0 saturated carbocycles. The Morgan fingerprint density at radius 3 is 2.76 bits per heavy atom. The molecule has 21 heavy (non-hydrogen) atoms. The molecule has 1 heterocycles. The van der Waals surface area contributed by atoms with Crippen molar-refractivity contribution in [2.75, 3.05) is 14.2 Å². The summed E-state index contributed by atoms with van der Waals surface area (Å²) in [6.45, 7) is 2.70. The maximum absolute atomic E-state index is 14.0. The second kappa shape index (κ2) is 7.27. The third-order valence-electron chi connectivity index (χ3n) is 3.71. The van der Waals surface area contributed by atoms with Gasteiger partial charge in [-0.2, -0.15) is 0 Å². The molecule has 1 N–H and O–H groups in total. The fourth-order valence-electron chi connectivity index (χ4n) is 2.51. The maximum Gasteiger partial charge on any atom is 0.131 e. The third-order valence-corrected chi connectivity index (χ3v) is 3.71. The average Bonchev–Trinajstić information content (AvgIpc) is 2.95. The fourth-order valence-corrected chi connectivity index (χ4v) is 2.51. The van der Waals surface area contributed by atoms with Gasteiger partial charge >= 0.3 is 0 Å². The molecule has 0 radical (unpaired) electrons. The summed E-state index contributed by atoms with van der Waals surface area (Å²) >= 11 is 0. The number of rotatable bonds is 7. The Bertz CT molecular complexity index is 580. The van der Waals surface area contributed by atoms with E-state index in [1.54, 1.807) is 12.1 Å². The molecule has 1 aromatic carbocycles. The van der Waals surface area contributed by atoms with Crippen molar-refractivity contribution in [2.45, 2.75) is 32.4 Å². The number of benzene rings is 1. The first kappa shape index (κ1) is 15.6. The number of ether oxygens (including phenoxy) is 1. The Balaban J connectivity index is 2.12. The molecular formula is C17H23FN2O. The van der Waals surface area contributed by atoms with E-state index in [4.69, 9.17) is 4.74 Å². The minimum Gasteiger partial charge on any atom is -0.497 e. The van der Waals surface area contributed by atoms with E-state index in [0.29, 0.717) is 23.9 Å². The van der Waals surface area contributed by atoms with Crippen LogP contribution in [0.25, 0.3) is 0 Å². The highest BCUT2D eigenvalue weighted by molar-refractivity contribution is 5.29. The molecule has 2 aromatic rings. The zero-order valence-electron chi connectivity index (χ0n) is 12.9. The zero-order valence-corrected chi connectivity index (χ0v) is 12.9. The summed E-state index contributed by atoms with van der Waals surface area (Å²) in [4.78, 5) is 0. The van der Waals surface area contributed by atoms with Crippen LogP contribution in [0.1, 0.15) is 36.9 Å². The third kappa shape index (κ3) is 3.85. The highest BCUT2D eigenvalue weighted by Gasteiger charge is 2.10. The SMILES string of the molecule is CCCC(NC)c1ccn(Cc2ccc(OC)cc2F)c1. The molecule has 0 fully saturated rings. The number of hydrogen-bond acceptors (Lipinski definition) is 2. The Labute approximate surface area is 125 Å². The minimum atomic E-state index is -0.233. The second-order valence-corrected chi connectivity index (χ2v) is 5.20. The summed E-state index contributed by atoms with van der Waals surface area (Å²) in [5, 5.41) is 3.32. The van der Waals surface area contributed by atoms with Gasteiger partial charge < -0.3 is 14.6 Å². The van der Waals surface area contributed by atoms with E-state index in [0.717, 1.165) is 12.8 Å². The molecule has 0 bridgehead atoms. The van der Waals surface area contributed by atoms with Crippen LogP contribution in [0.4, 0.5) is 4.39 Å². The van der Waals surface area contributed by atoms with Gasteiger partial charge in [0.25, 0.3) is 0 Å². The Morgan fingerprint density at radius 2 is 2.14 bits per heavy atom. The molecule has 0 amide bonds. The monoisotopic (exact) mass is 290 g/mol. The molecule has 3 nitrogen and oxygen atoms in total. The van der Waals surface area contributed by atoms with Crippen molar-refractivity contribution in [1.29, 1.82) is 0 Å². The van der Waals surface area contributed by atoms with Crippen LogP contribution >= 0.6 is 0 Å². The Hall–Kier alpha value is -1.81. The van der Waals surface area contributed by atoms with Gasteiger partial charge in [0.15, 0.2) is 0 Å². The largest absolute Gasteiger partial charge is 0.497 e. The van der Waals surface area contributed by atoms with Crippen LogP contribution in [-0.2, 0) is 6.54 Å². The number of hydrogen-bond donors (Lipinski definition) is 1. The van der Waals surface area contributed by atoms with Crippen LogP contribution in [-0.4, -0.2) is 18.7 Å². The number of nitrogens with zero attached hydrogens (tertiary/aromatic N) is 1. The first-order valence-corrected chi connectivity index (χ1v) is 7.33. The lowest BCUT2D eigenvalue weighted by Gasteiger charge is -2.13. The first-order chi connectivity index (χ1) is 10.2. The lowest BCUT2D eigenvalue weighted by molar-refractivity contribution is 0.410. The van der Waals surface area contributed by atoms with Gasteiger partial charge in [-0.1, -0.05) is 19.4 Å². The van der Waals surface area contributed by atoms with E-state index in [2.05, 4.69) is 24.5 Å². The van der Waals surface area contributed by atoms with Crippen LogP contribution in [0.2, 0.25) is 0 Å². The quantitative estimate of drug-likeness (QED) is 0.840. The topological polar surface area (TPSA) is 26.2 Å². The molecule has 0 spiro atoms. The summed E-state index contributed by atoms with van der Waals surface area (Å²) in [5.74, 6) is 0.311. The van der Waals surface area contributed by atoms with Crippen molar-refractivity contribution in [1.82, 2.24) is 9.88 Å². The highest BCUT2D eigenvalue weighted by Crippen LogP contribution is 2.21. The average molecular weight is 290 g/mol. The zero-order chi connectivity index (χ0) is 15.2. The lowest BCUT2D eigenvalue weighted by atomic mass is 10.1. The molecule has 114 valence electrons. The predicted octanol–water partition coefficient (Wildman–Crippen LogP) is 3.74. The van der Waals surface area contributed by atoms with Crippen LogP contribution in [0.5, 0.6) is 5.75 Å². The molecule has 0 aliphatic heterocycles. The van der Waals surface area contributed by atoms with Crippen molar-refractivity contribution < 1.29 is 9.13 Å². The second-order valence-electron chi connectivity index (χ2n) is 5.20. The standard InChI is InChI=1S/C17H23FN2O/c1-4-5-17(19-2)14-8-9-20(12-14)11-13-6-7-15(21-3)10-16(13)18/h6-10,12,17,19H,4-5,11H2,1-3H3. The number of methoxy groups -OCH3 is 1. The summed E-state index contributed by atoms with van der Waals surface area (Å²) < 4.78 is 21.0. The summed E-state index contributed by atoms with van der Waals surface area (Å²) in [5.41, 5.74) is 1.91. The normalized spacial score (nSPS) is 12.4. The summed E-state index contributed by atoms with van der Waals surface area (Å²) in [7, 11) is 3.51.